The molecule has 0 spiro atoms. The van der Waals surface area contributed by atoms with Crippen molar-refractivity contribution in [1.29, 1.82) is 0 Å². The van der Waals surface area contributed by atoms with Crippen molar-refractivity contribution in [3.8, 4) is 0 Å². The molecule has 0 aromatic carbocycles. The van der Waals surface area contributed by atoms with Crippen LogP contribution in [0.15, 0.2) is 18.3 Å². The molecule has 0 radical (unpaired) electrons. The fraction of sp³-hybridized carbons (Fsp3) is 0.250. The first kappa shape index (κ1) is 6.34. The predicted octanol–water partition coefficient (Wildman–Crippen LogP) is 0.667. The predicted molar refractivity (Wildman–Crippen MR) is 40.0 cm³/mol. The molecule has 0 N–H and O–H groups in total. The molecule has 3 nitrogen and oxygen atoms in total. The molecule has 1 aromatic rings. The number of rotatable bonds is 0. The van der Waals surface area contributed by atoms with Gasteiger partial charge in [-0.05, 0) is 6.07 Å². The van der Waals surface area contributed by atoms with Crippen LogP contribution in [0.1, 0.15) is 16.1 Å². The Morgan fingerprint density at radius 3 is 3.18 bits per heavy atom. The van der Waals surface area contributed by atoms with Gasteiger partial charge in [-0.2, -0.15) is 0 Å². The Balaban J connectivity index is 2.55. The Bertz CT molecular complexity index is 309. The van der Waals surface area contributed by atoms with E-state index in [1.54, 1.807) is 18.1 Å². The van der Waals surface area contributed by atoms with Crippen LogP contribution in [0, 0.1) is 0 Å². The Labute approximate surface area is 64.7 Å². The third kappa shape index (κ3) is 0.808. The van der Waals surface area contributed by atoms with E-state index in [1.807, 2.05) is 12.1 Å². The van der Waals surface area contributed by atoms with E-state index < -0.39 is 0 Å². The van der Waals surface area contributed by atoms with Gasteiger partial charge in [-0.1, -0.05) is 6.07 Å². The number of fused-ring (bicyclic) bond motifs is 1. The lowest BCUT2D eigenvalue weighted by Gasteiger charge is -2.03. The van der Waals surface area contributed by atoms with Gasteiger partial charge in [-0.15, -0.1) is 0 Å². The second-order valence-corrected chi connectivity index (χ2v) is 2.67. The van der Waals surface area contributed by atoms with Crippen molar-refractivity contribution >= 4 is 5.91 Å². The van der Waals surface area contributed by atoms with Crippen molar-refractivity contribution in [2.45, 2.75) is 6.54 Å². The summed E-state index contributed by atoms with van der Waals surface area (Å²) in [4.78, 5) is 16.9. The molecule has 0 atom stereocenters. The second-order valence-electron chi connectivity index (χ2n) is 2.67. The van der Waals surface area contributed by atoms with Crippen LogP contribution in [0.5, 0.6) is 0 Å². The first-order chi connectivity index (χ1) is 5.29. The molecule has 0 saturated heterocycles. The van der Waals surface area contributed by atoms with Crippen LogP contribution in [-0.4, -0.2) is 22.8 Å². The Hall–Kier alpha value is -1.38. The average molecular weight is 148 g/mol. The minimum absolute atomic E-state index is 0.0283. The third-order valence-corrected chi connectivity index (χ3v) is 1.85. The maximum Gasteiger partial charge on any atom is 0.272 e. The molecular weight excluding hydrogens is 140 g/mol. The second kappa shape index (κ2) is 2.05. The fourth-order valence-electron chi connectivity index (χ4n) is 1.27. The summed E-state index contributed by atoms with van der Waals surface area (Å²) >= 11 is 0. The SMILES string of the molecule is CN1Cc2cccnc2C1=O. The highest BCUT2D eigenvalue weighted by atomic mass is 16.2. The maximum absolute atomic E-state index is 11.3. The van der Waals surface area contributed by atoms with Gasteiger partial charge in [0.1, 0.15) is 5.69 Å². The highest BCUT2D eigenvalue weighted by molar-refractivity contribution is 5.96. The number of hydrogen-bond acceptors (Lipinski definition) is 2. The molecule has 0 unspecified atom stereocenters. The van der Waals surface area contributed by atoms with Crippen LogP contribution >= 0.6 is 0 Å². The minimum Gasteiger partial charge on any atom is -0.336 e. The van der Waals surface area contributed by atoms with Crippen LogP contribution in [0.4, 0.5) is 0 Å². The smallest absolute Gasteiger partial charge is 0.272 e. The summed E-state index contributed by atoms with van der Waals surface area (Å²) in [5, 5.41) is 0. The maximum atomic E-state index is 11.3. The van der Waals surface area contributed by atoms with Crippen LogP contribution in [0.3, 0.4) is 0 Å². The molecule has 56 valence electrons. The number of hydrogen-bond donors (Lipinski definition) is 0. The van der Waals surface area contributed by atoms with Crippen LogP contribution < -0.4 is 0 Å². The number of aromatic nitrogens is 1. The van der Waals surface area contributed by atoms with E-state index in [0.717, 1.165) is 5.56 Å². The van der Waals surface area contributed by atoms with E-state index in [0.29, 0.717) is 12.2 Å². The number of carbonyl (C=O) groups is 1. The lowest BCUT2D eigenvalue weighted by atomic mass is 10.2. The highest BCUT2D eigenvalue weighted by Crippen LogP contribution is 2.17. The van der Waals surface area contributed by atoms with Crippen molar-refractivity contribution in [2.75, 3.05) is 7.05 Å². The van der Waals surface area contributed by atoms with Gasteiger partial charge in [0.05, 0.1) is 0 Å². The Morgan fingerprint density at radius 1 is 1.64 bits per heavy atom. The molecule has 1 amide bonds. The molecule has 0 bridgehead atoms. The van der Waals surface area contributed by atoms with E-state index in [1.165, 1.54) is 0 Å². The van der Waals surface area contributed by atoms with Crippen molar-refractivity contribution in [2.24, 2.45) is 0 Å². The molecule has 1 aromatic heterocycles. The van der Waals surface area contributed by atoms with E-state index >= 15 is 0 Å². The van der Waals surface area contributed by atoms with Gasteiger partial charge in [0, 0.05) is 25.4 Å². The molecule has 11 heavy (non-hydrogen) atoms. The lowest BCUT2D eigenvalue weighted by molar-refractivity contribution is 0.0812. The first-order valence-electron chi connectivity index (χ1n) is 3.48. The van der Waals surface area contributed by atoms with Gasteiger partial charge < -0.3 is 4.90 Å². The number of pyridine rings is 1. The molecule has 2 heterocycles. The van der Waals surface area contributed by atoms with Gasteiger partial charge in [0.25, 0.3) is 5.91 Å². The van der Waals surface area contributed by atoms with Gasteiger partial charge >= 0.3 is 0 Å². The molecular formula is C8H8N2O. The van der Waals surface area contributed by atoms with E-state index in [2.05, 4.69) is 4.98 Å². The zero-order chi connectivity index (χ0) is 7.84. The molecule has 2 rings (SSSR count). The van der Waals surface area contributed by atoms with Crippen molar-refractivity contribution in [3.05, 3.63) is 29.6 Å². The van der Waals surface area contributed by atoms with Gasteiger partial charge in [-0.25, -0.2) is 0 Å². The fourth-order valence-corrected chi connectivity index (χ4v) is 1.27. The van der Waals surface area contributed by atoms with Crippen molar-refractivity contribution in [1.82, 2.24) is 9.88 Å². The van der Waals surface area contributed by atoms with Crippen LogP contribution in [-0.2, 0) is 6.54 Å². The molecule has 1 aliphatic heterocycles. The molecule has 0 fully saturated rings. The normalized spacial score (nSPS) is 15.4. The highest BCUT2D eigenvalue weighted by Gasteiger charge is 2.24. The number of amides is 1. The largest absolute Gasteiger partial charge is 0.336 e. The molecule has 0 aliphatic carbocycles. The summed E-state index contributed by atoms with van der Waals surface area (Å²) in [6, 6.07) is 3.79. The van der Waals surface area contributed by atoms with Crippen LogP contribution in [0.25, 0.3) is 0 Å². The van der Waals surface area contributed by atoms with Gasteiger partial charge in [-0.3, -0.25) is 9.78 Å². The van der Waals surface area contributed by atoms with Gasteiger partial charge in [0.15, 0.2) is 0 Å². The number of nitrogens with zero attached hydrogens (tertiary/aromatic N) is 2. The van der Waals surface area contributed by atoms with E-state index in [4.69, 9.17) is 0 Å². The monoisotopic (exact) mass is 148 g/mol. The number of carbonyl (C=O) groups excluding carboxylic acids is 1. The summed E-state index contributed by atoms with van der Waals surface area (Å²) in [6.07, 6.45) is 1.65. The standard InChI is InChI=1S/C8H8N2O/c1-10-5-6-3-2-4-9-7(6)8(10)11/h2-4H,5H2,1H3. The van der Waals surface area contributed by atoms with Crippen molar-refractivity contribution < 1.29 is 4.79 Å². The van der Waals surface area contributed by atoms with E-state index in [9.17, 15) is 4.79 Å². The molecule has 0 saturated carbocycles. The minimum atomic E-state index is 0.0283. The van der Waals surface area contributed by atoms with E-state index in [-0.39, 0.29) is 5.91 Å². The lowest BCUT2D eigenvalue weighted by Crippen LogP contribution is -2.17. The summed E-state index contributed by atoms with van der Waals surface area (Å²) in [5.41, 5.74) is 1.63. The quantitative estimate of drug-likeness (QED) is 0.541. The summed E-state index contributed by atoms with van der Waals surface area (Å²) in [6.45, 7) is 0.696. The Morgan fingerprint density at radius 2 is 2.45 bits per heavy atom. The Kier molecular flexibility index (Phi) is 1.18. The third-order valence-electron chi connectivity index (χ3n) is 1.85. The zero-order valence-electron chi connectivity index (χ0n) is 6.24. The molecule has 3 heteroatoms. The molecule has 1 aliphatic rings. The first-order valence-corrected chi connectivity index (χ1v) is 3.48. The summed E-state index contributed by atoms with van der Waals surface area (Å²) in [5.74, 6) is 0.0283. The van der Waals surface area contributed by atoms with Gasteiger partial charge in [0.2, 0.25) is 0 Å². The average Bonchev–Trinajstić information content (AvgIpc) is 2.30. The zero-order valence-corrected chi connectivity index (χ0v) is 6.24. The van der Waals surface area contributed by atoms with Crippen molar-refractivity contribution in [3.63, 3.8) is 0 Å². The summed E-state index contributed by atoms with van der Waals surface area (Å²) < 4.78 is 0. The topological polar surface area (TPSA) is 33.2 Å². The van der Waals surface area contributed by atoms with Crippen LogP contribution in [0.2, 0.25) is 0 Å². The summed E-state index contributed by atoms with van der Waals surface area (Å²) in [7, 11) is 1.78.